The molecule has 2 aromatic heterocycles. The average Bonchev–Trinajstić information content (AvgIpc) is 3.05. The van der Waals surface area contributed by atoms with Crippen LogP contribution >= 0.6 is 11.6 Å². The second kappa shape index (κ2) is 5.82. The van der Waals surface area contributed by atoms with E-state index in [-0.39, 0.29) is 0 Å². The van der Waals surface area contributed by atoms with Crippen molar-refractivity contribution in [1.29, 1.82) is 0 Å². The molecule has 3 aromatic rings. The molecule has 0 unspecified atom stereocenters. The van der Waals surface area contributed by atoms with E-state index in [4.69, 9.17) is 20.8 Å². The molecule has 0 saturated carbocycles. The molecule has 0 bridgehead atoms. The minimum atomic E-state index is 0.347. The van der Waals surface area contributed by atoms with Gasteiger partial charge in [-0.15, -0.1) is 11.6 Å². The van der Waals surface area contributed by atoms with Gasteiger partial charge in [0.15, 0.2) is 0 Å². The van der Waals surface area contributed by atoms with Crippen molar-refractivity contribution in [3.05, 3.63) is 47.7 Å². The van der Waals surface area contributed by atoms with Gasteiger partial charge < -0.3 is 13.7 Å². The van der Waals surface area contributed by atoms with Crippen molar-refractivity contribution in [3.8, 4) is 5.75 Å². The number of rotatable bonds is 5. The molecular formula is C16H17ClN2O2. The molecule has 0 radical (unpaired) electrons. The SMILES string of the molecule is CCOc1cccc2c1nc(CCl)n2Cc1ccc(C)o1. The number of benzene rings is 1. The molecule has 5 heteroatoms. The fourth-order valence-corrected chi connectivity index (χ4v) is 2.65. The highest BCUT2D eigenvalue weighted by Crippen LogP contribution is 2.27. The van der Waals surface area contributed by atoms with E-state index in [1.54, 1.807) is 0 Å². The number of furan rings is 1. The number of aromatic nitrogens is 2. The second-order valence-electron chi connectivity index (χ2n) is 4.82. The first-order chi connectivity index (χ1) is 10.2. The molecule has 0 aliphatic heterocycles. The second-order valence-corrected chi connectivity index (χ2v) is 5.08. The number of alkyl halides is 1. The lowest BCUT2D eigenvalue weighted by Gasteiger charge is -2.06. The molecule has 0 aliphatic rings. The number of imidazole rings is 1. The Labute approximate surface area is 128 Å². The van der Waals surface area contributed by atoms with Crippen molar-refractivity contribution >= 4 is 22.6 Å². The van der Waals surface area contributed by atoms with E-state index in [0.29, 0.717) is 19.0 Å². The smallest absolute Gasteiger partial charge is 0.147 e. The molecule has 2 heterocycles. The van der Waals surface area contributed by atoms with Crippen LogP contribution in [0, 0.1) is 6.92 Å². The van der Waals surface area contributed by atoms with E-state index in [1.807, 2.05) is 44.2 Å². The molecule has 1 aromatic carbocycles. The summed E-state index contributed by atoms with van der Waals surface area (Å²) in [5.74, 6) is 3.74. The quantitative estimate of drug-likeness (QED) is 0.666. The zero-order valence-electron chi connectivity index (χ0n) is 12.1. The van der Waals surface area contributed by atoms with Crippen LogP contribution in [-0.4, -0.2) is 16.2 Å². The summed E-state index contributed by atoms with van der Waals surface area (Å²) < 4.78 is 13.4. The zero-order valence-corrected chi connectivity index (χ0v) is 12.9. The van der Waals surface area contributed by atoms with E-state index < -0.39 is 0 Å². The summed E-state index contributed by atoms with van der Waals surface area (Å²) in [4.78, 5) is 4.62. The summed E-state index contributed by atoms with van der Waals surface area (Å²) in [6, 6.07) is 9.86. The van der Waals surface area contributed by atoms with Crippen LogP contribution in [0.5, 0.6) is 5.75 Å². The molecule has 0 aliphatic carbocycles. The van der Waals surface area contributed by atoms with Gasteiger partial charge in [-0.2, -0.15) is 0 Å². The summed E-state index contributed by atoms with van der Waals surface area (Å²) in [5.41, 5.74) is 1.85. The molecule has 21 heavy (non-hydrogen) atoms. The van der Waals surface area contributed by atoms with Gasteiger partial charge in [0.1, 0.15) is 28.6 Å². The maximum Gasteiger partial charge on any atom is 0.147 e. The summed E-state index contributed by atoms with van der Waals surface area (Å²) in [7, 11) is 0. The van der Waals surface area contributed by atoms with E-state index in [0.717, 1.165) is 34.1 Å². The third-order valence-electron chi connectivity index (χ3n) is 3.35. The topological polar surface area (TPSA) is 40.2 Å². The summed E-state index contributed by atoms with van der Waals surface area (Å²) in [6.07, 6.45) is 0. The maximum absolute atomic E-state index is 6.05. The Morgan fingerprint density at radius 3 is 2.81 bits per heavy atom. The van der Waals surface area contributed by atoms with Gasteiger partial charge >= 0.3 is 0 Å². The summed E-state index contributed by atoms with van der Waals surface area (Å²) >= 11 is 6.05. The number of nitrogens with zero attached hydrogens (tertiary/aromatic N) is 2. The predicted molar refractivity (Wildman–Crippen MR) is 83.0 cm³/mol. The summed E-state index contributed by atoms with van der Waals surface area (Å²) in [6.45, 7) is 5.12. The van der Waals surface area contributed by atoms with Crippen LogP contribution in [0.3, 0.4) is 0 Å². The van der Waals surface area contributed by atoms with E-state index in [1.165, 1.54) is 0 Å². The number of hydrogen-bond acceptors (Lipinski definition) is 3. The van der Waals surface area contributed by atoms with Gasteiger partial charge in [0, 0.05) is 0 Å². The summed E-state index contributed by atoms with van der Waals surface area (Å²) in [5, 5.41) is 0. The largest absolute Gasteiger partial charge is 0.492 e. The molecule has 0 fully saturated rings. The van der Waals surface area contributed by atoms with Crippen LogP contribution in [0.15, 0.2) is 34.7 Å². The number of ether oxygens (including phenoxy) is 1. The third-order valence-corrected chi connectivity index (χ3v) is 3.59. The van der Waals surface area contributed by atoms with Crippen LogP contribution < -0.4 is 4.74 Å². The maximum atomic E-state index is 6.05. The molecule has 3 rings (SSSR count). The fraction of sp³-hybridized carbons (Fsp3) is 0.312. The van der Waals surface area contributed by atoms with Crippen molar-refractivity contribution in [2.45, 2.75) is 26.3 Å². The molecule has 4 nitrogen and oxygen atoms in total. The van der Waals surface area contributed by atoms with Gasteiger partial charge in [0.2, 0.25) is 0 Å². The molecule has 110 valence electrons. The van der Waals surface area contributed by atoms with Crippen LogP contribution in [0.1, 0.15) is 24.3 Å². The van der Waals surface area contributed by atoms with E-state index in [9.17, 15) is 0 Å². The standard InChI is InChI=1S/C16H17ClN2O2/c1-3-20-14-6-4-5-13-16(14)18-15(9-17)19(13)10-12-8-7-11(2)21-12/h4-8H,3,9-10H2,1-2H3. The van der Waals surface area contributed by atoms with Gasteiger partial charge in [0.25, 0.3) is 0 Å². The van der Waals surface area contributed by atoms with Gasteiger partial charge in [-0.1, -0.05) is 6.07 Å². The number of hydrogen-bond donors (Lipinski definition) is 0. The van der Waals surface area contributed by atoms with Crippen LogP contribution in [0.4, 0.5) is 0 Å². The average molecular weight is 305 g/mol. The van der Waals surface area contributed by atoms with Crippen LogP contribution in [0.2, 0.25) is 0 Å². The van der Waals surface area contributed by atoms with E-state index in [2.05, 4.69) is 9.55 Å². The van der Waals surface area contributed by atoms with Crippen molar-refractivity contribution in [2.24, 2.45) is 0 Å². The molecule has 0 amide bonds. The molecule has 0 atom stereocenters. The minimum absolute atomic E-state index is 0.347. The lowest BCUT2D eigenvalue weighted by atomic mass is 10.3. The Morgan fingerprint density at radius 1 is 1.29 bits per heavy atom. The Bertz CT molecular complexity index is 761. The van der Waals surface area contributed by atoms with Gasteiger partial charge in [-0.3, -0.25) is 0 Å². The van der Waals surface area contributed by atoms with Crippen molar-refractivity contribution in [3.63, 3.8) is 0 Å². The first-order valence-electron chi connectivity index (χ1n) is 6.95. The Kier molecular flexibility index (Phi) is 3.88. The first-order valence-corrected chi connectivity index (χ1v) is 7.48. The highest BCUT2D eigenvalue weighted by Gasteiger charge is 2.15. The molecule has 0 spiro atoms. The van der Waals surface area contributed by atoms with Gasteiger partial charge in [-0.05, 0) is 38.1 Å². The monoisotopic (exact) mass is 304 g/mol. The first kappa shape index (κ1) is 14.0. The normalized spacial score (nSPS) is 11.2. The zero-order chi connectivity index (χ0) is 14.8. The molecular weight excluding hydrogens is 288 g/mol. The van der Waals surface area contributed by atoms with Crippen molar-refractivity contribution in [2.75, 3.05) is 6.61 Å². The molecule has 0 N–H and O–H groups in total. The number of para-hydroxylation sites is 1. The third kappa shape index (κ3) is 2.63. The number of aryl methyl sites for hydroxylation is 1. The molecule has 0 saturated heterocycles. The highest BCUT2D eigenvalue weighted by molar-refractivity contribution is 6.16. The van der Waals surface area contributed by atoms with Gasteiger partial charge in [0.05, 0.1) is 24.5 Å². The van der Waals surface area contributed by atoms with E-state index >= 15 is 0 Å². The lowest BCUT2D eigenvalue weighted by Crippen LogP contribution is -2.02. The lowest BCUT2D eigenvalue weighted by molar-refractivity contribution is 0.343. The minimum Gasteiger partial charge on any atom is -0.492 e. The van der Waals surface area contributed by atoms with Crippen molar-refractivity contribution in [1.82, 2.24) is 9.55 Å². The Hall–Kier alpha value is -1.94. The van der Waals surface area contributed by atoms with Crippen LogP contribution in [-0.2, 0) is 12.4 Å². The van der Waals surface area contributed by atoms with Crippen LogP contribution in [0.25, 0.3) is 11.0 Å². The predicted octanol–water partition coefficient (Wildman–Crippen LogP) is 4.12. The highest BCUT2D eigenvalue weighted by atomic mass is 35.5. The van der Waals surface area contributed by atoms with Crippen molar-refractivity contribution < 1.29 is 9.15 Å². The number of halogens is 1. The Balaban J connectivity index is 2.09. The van der Waals surface area contributed by atoms with Gasteiger partial charge in [-0.25, -0.2) is 4.98 Å². The fourth-order valence-electron chi connectivity index (χ4n) is 2.45. The number of fused-ring (bicyclic) bond motifs is 1. The Morgan fingerprint density at radius 2 is 2.14 bits per heavy atom.